The first kappa shape index (κ1) is 36.7. The Morgan fingerprint density at radius 3 is 2.21 bits per heavy atom. The molecule has 14 heteroatoms. The number of aromatic amines is 2. The topological polar surface area (TPSA) is 152 Å². The summed E-state index contributed by atoms with van der Waals surface area (Å²) < 4.78 is 0. The molecule has 0 bridgehead atoms. The molecule has 6 heterocycles. The van der Waals surface area contributed by atoms with E-state index in [0.717, 1.165) is 102 Å². The largest absolute Gasteiger partial charge is 0.369 e. The molecule has 2 fully saturated rings. The van der Waals surface area contributed by atoms with E-state index in [1.54, 1.807) is 24.5 Å². The van der Waals surface area contributed by atoms with Crippen LogP contribution in [-0.2, 0) is 4.79 Å². The maximum absolute atomic E-state index is 13.0. The van der Waals surface area contributed by atoms with Crippen molar-refractivity contribution in [1.82, 2.24) is 35.2 Å². The summed E-state index contributed by atoms with van der Waals surface area (Å²) >= 11 is 13.2. The third-order valence-corrected chi connectivity index (χ3v) is 11.2. The number of carbonyl (C=O) groups excluding carboxylic acids is 1. The summed E-state index contributed by atoms with van der Waals surface area (Å²) in [6, 6.07) is 22.5. The molecule has 2 atom stereocenters. The minimum Gasteiger partial charge on any atom is -0.369 e. The van der Waals surface area contributed by atoms with Gasteiger partial charge in [0.05, 0.1) is 33.8 Å². The molecule has 4 aromatic heterocycles. The predicted octanol–water partition coefficient (Wildman–Crippen LogP) is 8.77. The molecule has 0 radical (unpaired) electrons. The first-order chi connectivity index (χ1) is 27.9. The van der Waals surface area contributed by atoms with Crippen LogP contribution in [0.3, 0.4) is 0 Å². The van der Waals surface area contributed by atoms with Gasteiger partial charge in [0.15, 0.2) is 0 Å². The fraction of sp³-hybridized carbons (Fsp3) is 0.233. The van der Waals surface area contributed by atoms with E-state index in [1.165, 1.54) is 0 Å². The quantitative estimate of drug-likeness (QED) is 0.0747. The van der Waals surface area contributed by atoms with E-state index in [2.05, 4.69) is 52.2 Å². The summed E-state index contributed by atoms with van der Waals surface area (Å²) in [5, 5.41) is 16.4. The van der Waals surface area contributed by atoms with Gasteiger partial charge in [0.2, 0.25) is 17.8 Å². The Bertz CT molecular complexity index is 2580. The lowest BCUT2D eigenvalue weighted by molar-refractivity contribution is -0.111. The SMILES string of the molecule is O=C(/C=C\c1ccc2c(-c3nc(N[C@@H]4CCCNC4)ncc3Cl)c[nH]c2c1)Nc1ccc(N2CCC[C@@H](Nc3ncc(Cl)c(-c4c[nH]c5ccccc45)n3)C2)cc1. The van der Waals surface area contributed by atoms with Crippen molar-refractivity contribution in [3.63, 3.8) is 0 Å². The van der Waals surface area contributed by atoms with Gasteiger partial charge in [-0.05, 0) is 80.3 Å². The number of para-hydroxylation sites is 1. The highest BCUT2D eigenvalue weighted by Gasteiger charge is 2.22. The average Bonchev–Trinajstić information content (AvgIpc) is 3.87. The van der Waals surface area contributed by atoms with Crippen molar-refractivity contribution in [2.45, 2.75) is 37.8 Å². The van der Waals surface area contributed by atoms with E-state index in [9.17, 15) is 4.79 Å². The van der Waals surface area contributed by atoms with Gasteiger partial charge in [-0.3, -0.25) is 4.79 Å². The number of hydrogen-bond donors (Lipinski definition) is 6. The number of piperidine rings is 2. The average molecular weight is 799 g/mol. The zero-order valence-electron chi connectivity index (χ0n) is 31.0. The van der Waals surface area contributed by atoms with Gasteiger partial charge in [0.25, 0.3) is 0 Å². The first-order valence-electron chi connectivity index (χ1n) is 19.2. The molecule has 2 aliphatic rings. The van der Waals surface area contributed by atoms with Crippen LogP contribution in [-0.4, -0.2) is 74.1 Å². The number of amides is 1. The third kappa shape index (κ3) is 8.15. The van der Waals surface area contributed by atoms with E-state index < -0.39 is 0 Å². The Balaban J connectivity index is 0.809. The number of halogens is 2. The first-order valence-corrected chi connectivity index (χ1v) is 20.0. The number of H-pyrrole nitrogens is 2. The van der Waals surface area contributed by atoms with Crippen LogP contribution in [0.2, 0.25) is 10.0 Å². The molecule has 6 N–H and O–H groups in total. The molecule has 2 aliphatic heterocycles. The molecule has 9 rings (SSSR count). The monoisotopic (exact) mass is 797 g/mol. The molecule has 3 aromatic carbocycles. The van der Waals surface area contributed by atoms with Crippen molar-refractivity contribution < 1.29 is 4.79 Å². The minimum absolute atomic E-state index is 0.154. The molecule has 0 spiro atoms. The molecular formula is C43H41Cl2N11O. The molecule has 12 nitrogen and oxygen atoms in total. The lowest BCUT2D eigenvalue weighted by atomic mass is 10.0. The summed E-state index contributed by atoms with van der Waals surface area (Å²) in [6.45, 7) is 3.64. The zero-order valence-corrected chi connectivity index (χ0v) is 32.5. The second-order valence-electron chi connectivity index (χ2n) is 14.5. The van der Waals surface area contributed by atoms with Crippen molar-refractivity contribution in [2.75, 3.05) is 47.0 Å². The molecule has 7 aromatic rings. The second-order valence-corrected chi connectivity index (χ2v) is 15.3. The van der Waals surface area contributed by atoms with E-state index >= 15 is 0 Å². The van der Waals surface area contributed by atoms with Crippen LogP contribution in [0.5, 0.6) is 0 Å². The lowest BCUT2D eigenvalue weighted by Crippen LogP contribution is -2.42. The maximum Gasteiger partial charge on any atom is 0.248 e. The van der Waals surface area contributed by atoms with Gasteiger partial charge in [-0.25, -0.2) is 19.9 Å². The van der Waals surface area contributed by atoms with Crippen LogP contribution >= 0.6 is 23.2 Å². The van der Waals surface area contributed by atoms with E-state index in [0.29, 0.717) is 33.3 Å². The molecule has 1 amide bonds. The number of nitrogens with zero attached hydrogens (tertiary/aromatic N) is 5. The van der Waals surface area contributed by atoms with Crippen LogP contribution in [0, 0.1) is 0 Å². The molecule has 0 unspecified atom stereocenters. The lowest BCUT2D eigenvalue weighted by Gasteiger charge is -2.35. The van der Waals surface area contributed by atoms with E-state index in [1.807, 2.05) is 73.1 Å². The molecule has 2 saturated heterocycles. The highest BCUT2D eigenvalue weighted by Crippen LogP contribution is 2.35. The van der Waals surface area contributed by atoms with Gasteiger partial charge in [0, 0.05) is 94.5 Å². The van der Waals surface area contributed by atoms with Gasteiger partial charge in [-0.15, -0.1) is 0 Å². The van der Waals surface area contributed by atoms with Crippen LogP contribution in [0.25, 0.3) is 50.4 Å². The van der Waals surface area contributed by atoms with Crippen LogP contribution < -0.4 is 26.2 Å². The summed E-state index contributed by atoms with van der Waals surface area (Å²) in [4.78, 5) is 40.4. The number of nitrogens with one attached hydrogen (secondary N) is 6. The van der Waals surface area contributed by atoms with Crippen molar-refractivity contribution in [3.8, 4) is 22.5 Å². The summed E-state index contributed by atoms with van der Waals surface area (Å²) in [5.74, 6) is 0.901. The Morgan fingerprint density at radius 2 is 1.47 bits per heavy atom. The van der Waals surface area contributed by atoms with Gasteiger partial charge >= 0.3 is 0 Å². The Morgan fingerprint density at radius 1 is 0.789 bits per heavy atom. The number of anilines is 4. The second kappa shape index (κ2) is 16.3. The van der Waals surface area contributed by atoms with Gasteiger partial charge in [-0.1, -0.05) is 53.5 Å². The van der Waals surface area contributed by atoms with E-state index in [4.69, 9.17) is 33.2 Å². The number of fused-ring (bicyclic) bond motifs is 2. The number of hydrogen-bond acceptors (Lipinski definition) is 9. The zero-order chi connectivity index (χ0) is 38.7. The van der Waals surface area contributed by atoms with E-state index in [-0.39, 0.29) is 18.0 Å². The van der Waals surface area contributed by atoms with Gasteiger partial charge < -0.3 is 36.1 Å². The maximum atomic E-state index is 13.0. The summed E-state index contributed by atoms with van der Waals surface area (Å²) in [5.41, 5.74) is 7.83. The molecule has 288 valence electrons. The van der Waals surface area contributed by atoms with Crippen LogP contribution in [0.4, 0.5) is 23.3 Å². The Kier molecular flexibility index (Phi) is 10.5. The number of carbonyl (C=O) groups is 1. The highest BCUT2D eigenvalue weighted by molar-refractivity contribution is 6.33. The number of aromatic nitrogens is 6. The minimum atomic E-state index is -0.215. The Labute approximate surface area is 339 Å². The van der Waals surface area contributed by atoms with Crippen LogP contribution in [0.1, 0.15) is 31.2 Å². The predicted molar refractivity (Wildman–Crippen MR) is 231 cm³/mol. The Hall–Kier alpha value is -5.95. The smallest absolute Gasteiger partial charge is 0.248 e. The molecular weight excluding hydrogens is 757 g/mol. The number of rotatable bonds is 10. The fourth-order valence-electron chi connectivity index (χ4n) is 7.74. The van der Waals surface area contributed by atoms with Crippen molar-refractivity contribution in [2.24, 2.45) is 0 Å². The van der Waals surface area contributed by atoms with Gasteiger partial charge in [-0.2, -0.15) is 0 Å². The van der Waals surface area contributed by atoms with Crippen LogP contribution in [0.15, 0.2) is 97.6 Å². The molecule has 0 aliphatic carbocycles. The van der Waals surface area contributed by atoms with Crippen molar-refractivity contribution >= 4 is 80.3 Å². The third-order valence-electron chi connectivity index (χ3n) is 10.6. The van der Waals surface area contributed by atoms with Crippen molar-refractivity contribution in [1.29, 1.82) is 0 Å². The molecule has 57 heavy (non-hydrogen) atoms. The molecule has 0 saturated carbocycles. The summed E-state index contributed by atoms with van der Waals surface area (Å²) in [7, 11) is 0. The summed E-state index contributed by atoms with van der Waals surface area (Å²) in [6.07, 6.45) is 14.7. The van der Waals surface area contributed by atoms with Crippen molar-refractivity contribution in [3.05, 3.63) is 113 Å². The number of benzene rings is 3. The standard InChI is InChI=1S/C43H41Cl2N11O/c44-35-24-50-43(55-40(35)33-21-47-37-8-2-1-7-31(33)37)53-29-6-4-18-56(25-29)30-13-11-27(12-14-30)51-39(57)16-10-26-9-15-32-34(22-48-38(32)19-26)41-36(45)23-49-42(54-41)52-28-5-3-17-46-20-28/h1-2,7-16,19,21-24,28-29,46-48H,3-6,17-18,20,25H2,(H,51,57)(H,49,52,54)(H,50,53,55)/b16-10-/t28-,29-/m1/s1. The highest BCUT2D eigenvalue weighted by atomic mass is 35.5. The normalized spacial score (nSPS) is 17.3. The fourth-order valence-corrected chi connectivity index (χ4v) is 8.13. The van der Waals surface area contributed by atoms with Gasteiger partial charge in [0.1, 0.15) is 0 Å².